The molecule has 0 fully saturated rings. The first-order chi connectivity index (χ1) is 12.9. The van der Waals surface area contributed by atoms with Crippen molar-refractivity contribution in [2.75, 3.05) is 32.1 Å². The van der Waals surface area contributed by atoms with E-state index in [2.05, 4.69) is 20.6 Å². The zero-order chi connectivity index (χ0) is 19.8. The average Bonchev–Trinajstić information content (AvgIpc) is 2.63. The lowest BCUT2D eigenvalue weighted by molar-refractivity contribution is 0.181. The second-order valence-electron chi connectivity index (χ2n) is 6.21. The third-order valence-corrected chi connectivity index (χ3v) is 4.20. The van der Waals surface area contributed by atoms with E-state index in [1.54, 1.807) is 24.4 Å². The van der Waals surface area contributed by atoms with Gasteiger partial charge in [-0.05, 0) is 48.4 Å². The zero-order valence-electron chi connectivity index (χ0n) is 16.1. The van der Waals surface area contributed by atoms with Crippen molar-refractivity contribution in [1.29, 1.82) is 0 Å². The number of hydrogen-bond acceptors (Lipinski definition) is 4. The molecule has 9 heteroatoms. The fraction of sp³-hybridized carbons (Fsp3) is 0.368. The number of guanidine groups is 1. The number of nitrogens with one attached hydrogen (secondary N) is 2. The van der Waals surface area contributed by atoms with Crippen molar-refractivity contribution in [1.82, 2.24) is 15.6 Å². The van der Waals surface area contributed by atoms with E-state index in [1.165, 1.54) is 0 Å². The monoisotopic (exact) mass is 537 g/mol. The summed E-state index contributed by atoms with van der Waals surface area (Å²) in [5.74, 6) is 1.50. The summed E-state index contributed by atoms with van der Waals surface area (Å²) in [5.41, 5.74) is 1.70. The second-order valence-corrected chi connectivity index (χ2v) is 7.08. The Morgan fingerprint density at radius 3 is 2.46 bits per heavy atom. The van der Waals surface area contributed by atoms with Crippen molar-refractivity contribution in [2.24, 2.45) is 4.99 Å². The molecule has 6 nitrogen and oxygen atoms in total. The Morgan fingerprint density at radius 2 is 1.86 bits per heavy atom. The number of rotatable bonds is 7. The number of halogens is 3. The van der Waals surface area contributed by atoms with E-state index in [4.69, 9.17) is 23.2 Å². The first-order valence-corrected chi connectivity index (χ1v) is 9.43. The van der Waals surface area contributed by atoms with Crippen molar-refractivity contribution in [3.8, 4) is 0 Å². The van der Waals surface area contributed by atoms with Crippen LogP contribution in [0.2, 0.25) is 10.0 Å². The van der Waals surface area contributed by atoms with Crippen LogP contribution in [0.3, 0.4) is 0 Å². The van der Waals surface area contributed by atoms with E-state index in [1.807, 2.05) is 38.1 Å². The summed E-state index contributed by atoms with van der Waals surface area (Å²) in [6.45, 7) is 3.48. The third kappa shape index (κ3) is 7.98. The lowest BCUT2D eigenvalue weighted by Gasteiger charge is -2.16. The minimum atomic E-state index is -0.758. The number of benzene rings is 1. The maximum Gasteiger partial charge on any atom is 0.191 e. The van der Waals surface area contributed by atoms with E-state index in [0.717, 1.165) is 11.4 Å². The molecule has 1 aromatic carbocycles. The second kappa shape index (κ2) is 12.3. The molecule has 0 aliphatic rings. The first-order valence-electron chi connectivity index (χ1n) is 8.67. The predicted octanol–water partition coefficient (Wildman–Crippen LogP) is 3.86. The topological polar surface area (TPSA) is 72.8 Å². The molecule has 0 saturated heterocycles. The first kappa shape index (κ1) is 24.7. The van der Waals surface area contributed by atoms with Gasteiger partial charge in [0.15, 0.2) is 5.96 Å². The smallest absolute Gasteiger partial charge is 0.191 e. The minimum Gasteiger partial charge on any atom is -0.387 e. The molecule has 0 aliphatic carbocycles. The van der Waals surface area contributed by atoms with Gasteiger partial charge >= 0.3 is 0 Å². The van der Waals surface area contributed by atoms with Gasteiger partial charge in [0.05, 0.1) is 12.6 Å². The largest absolute Gasteiger partial charge is 0.387 e. The summed E-state index contributed by atoms with van der Waals surface area (Å²) < 4.78 is 0. The zero-order valence-corrected chi connectivity index (χ0v) is 20.0. The van der Waals surface area contributed by atoms with Gasteiger partial charge in [-0.2, -0.15) is 0 Å². The molecule has 2 rings (SSSR count). The molecule has 0 aliphatic heterocycles. The van der Waals surface area contributed by atoms with Crippen LogP contribution in [0.15, 0.2) is 41.5 Å². The Balaban J connectivity index is 0.00000392. The van der Waals surface area contributed by atoms with Gasteiger partial charge in [0.1, 0.15) is 5.82 Å². The standard InChI is InChI=1S/C19H25Cl2N5O.HI/c1-4-22-19(24-11-13-5-6-23-18(7-13)26(2)3)25-12-17(27)14-8-15(20)10-16(21)9-14;/h5-10,17,27H,4,11-12H2,1-3H3,(H2,22,24,25);1H. The molecule has 0 spiro atoms. The van der Waals surface area contributed by atoms with Crippen molar-refractivity contribution in [2.45, 2.75) is 19.6 Å². The van der Waals surface area contributed by atoms with Gasteiger partial charge in [-0.3, -0.25) is 0 Å². The molecule has 0 radical (unpaired) electrons. The molecule has 0 bridgehead atoms. The van der Waals surface area contributed by atoms with Crippen LogP contribution in [0.5, 0.6) is 0 Å². The van der Waals surface area contributed by atoms with Crippen LogP contribution < -0.4 is 15.5 Å². The number of hydrogen-bond donors (Lipinski definition) is 3. The van der Waals surface area contributed by atoms with Crippen LogP contribution in [0.4, 0.5) is 5.82 Å². The van der Waals surface area contributed by atoms with Gasteiger partial charge in [0.25, 0.3) is 0 Å². The van der Waals surface area contributed by atoms with Gasteiger partial charge < -0.3 is 20.6 Å². The molecule has 0 saturated carbocycles. The predicted molar refractivity (Wildman–Crippen MR) is 128 cm³/mol. The lowest BCUT2D eigenvalue weighted by Crippen LogP contribution is -2.39. The van der Waals surface area contributed by atoms with Gasteiger partial charge in [-0.15, -0.1) is 24.0 Å². The van der Waals surface area contributed by atoms with Crippen molar-refractivity contribution >= 4 is 59.0 Å². The highest BCUT2D eigenvalue weighted by Crippen LogP contribution is 2.23. The van der Waals surface area contributed by atoms with Crippen molar-refractivity contribution < 1.29 is 5.11 Å². The molecule has 1 atom stereocenters. The number of aliphatic imine (C=N–C) groups is 1. The summed E-state index contributed by atoms with van der Waals surface area (Å²) in [4.78, 5) is 10.8. The Hall–Kier alpha value is -1.29. The molecule has 0 amide bonds. The Morgan fingerprint density at radius 1 is 1.18 bits per heavy atom. The average molecular weight is 538 g/mol. The quantitative estimate of drug-likeness (QED) is 0.284. The molecule has 1 unspecified atom stereocenters. The SMILES string of the molecule is CCNC(=NCc1ccnc(N(C)C)c1)NCC(O)c1cc(Cl)cc(Cl)c1.I. The molecule has 2 aromatic rings. The van der Waals surface area contributed by atoms with Crippen LogP contribution in [-0.4, -0.2) is 43.2 Å². The molecular formula is C19H26Cl2IN5O. The fourth-order valence-electron chi connectivity index (χ4n) is 2.39. The number of aliphatic hydroxyl groups is 1. The Labute approximate surface area is 193 Å². The summed E-state index contributed by atoms with van der Waals surface area (Å²) in [5, 5.41) is 17.7. The van der Waals surface area contributed by atoms with Gasteiger partial charge in [0.2, 0.25) is 0 Å². The number of pyridine rings is 1. The highest BCUT2D eigenvalue weighted by atomic mass is 127. The Bertz CT molecular complexity index is 768. The lowest BCUT2D eigenvalue weighted by atomic mass is 10.1. The molecule has 3 N–H and O–H groups in total. The highest BCUT2D eigenvalue weighted by Gasteiger charge is 2.10. The van der Waals surface area contributed by atoms with Crippen molar-refractivity contribution in [3.63, 3.8) is 0 Å². The minimum absolute atomic E-state index is 0. The van der Waals surface area contributed by atoms with Gasteiger partial charge in [0, 0.05) is 43.4 Å². The van der Waals surface area contributed by atoms with Gasteiger partial charge in [-0.25, -0.2) is 9.98 Å². The number of aliphatic hydroxyl groups excluding tert-OH is 1. The number of anilines is 1. The molecule has 1 heterocycles. The molecular weight excluding hydrogens is 512 g/mol. The summed E-state index contributed by atoms with van der Waals surface area (Å²) >= 11 is 12.0. The molecule has 154 valence electrons. The molecule has 1 aromatic heterocycles. The van der Waals surface area contributed by atoms with Crippen LogP contribution in [0, 0.1) is 0 Å². The Kier molecular flexibility index (Phi) is 10.9. The summed E-state index contributed by atoms with van der Waals surface area (Å²) in [7, 11) is 3.90. The number of aromatic nitrogens is 1. The summed E-state index contributed by atoms with van der Waals surface area (Å²) in [6, 6.07) is 8.96. The van der Waals surface area contributed by atoms with Gasteiger partial charge in [-0.1, -0.05) is 23.2 Å². The summed E-state index contributed by atoms with van der Waals surface area (Å²) in [6.07, 6.45) is 1.01. The van der Waals surface area contributed by atoms with E-state index in [9.17, 15) is 5.11 Å². The van der Waals surface area contributed by atoms with Crippen molar-refractivity contribution in [3.05, 3.63) is 57.7 Å². The van der Waals surface area contributed by atoms with E-state index in [0.29, 0.717) is 34.7 Å². The third-order valence-electron chi connectivity index (χ3n) is 3.76. The van der Waals surface area contributed by atoms with Crippen LogP contribution >= 0.6 is 47.2 Å². The molecule has 28 heavy (non-hydrogen) atoms. The number of nitrogens with zero attached hydrogens (tertiary/aromatic N) is 3. The van der Waals surface area contributed by atoms with E-state index < -0.39 is 6.10 Å². The van der Waals surface area contributed by atoms with Crippen LogP contribution in [-0.2, 0) is 6.54 Å². The maximum absolute atomic E-state index is 10.4. The van der Waals surface area contributed by atoms with Crippen LogP contribution in [0.25, 0.3) is 0 Å². The highest BCUT2D eigenvalue weighted by molar-refractivity contribution is 14.0. The van der Waals surface area contributed by atoms with E-state index >= 15 is 0 Å². The van der Waals surface area contributed by atoms with Crippen LogP contribution in [0.1, 0.15) is 24.2 Å². The van der Waals surface area contributed by atoms with E-state index in [-0.39, 0.29) is 30.5 Å². The normalized spacial score (nSPS) is 12.1. The maximum atomic E-state index is 10.4. The fourth-order valence-corrected chi connectivity index (χ4v) is 2.94.